The lowest BCUT2D eigenvalue weighted by atomic mass is 9.82. The smallest absolute Gasteiger partial charge is 0.00201 e. The molecule has 0 saturated carbocycles. The van der Waals surface area contributed by atoms with Gasteiger partial charge in [-0.1, -0.05) is 437 Å². The summed E-state index contributed by atoms with van der Waals surface area (Å²) in [6.07, 6.45) is 0. The van der Waals surface area contributed by atoms with Crippen LogP contribution in [0.3, 0.4) is 0 Å². The lowest BCUT2D eigenvalue weighted by Gasteiger charge is -2.21. The van der Waals surface area contributed by atoms with Crippen molar-refractivity contribution in [2.45, 2.75) is 0 Å². The maximum atomic E-state index is 2.49. The fraction of sp³-hybridized carbons (Fsp3) is 0. The Bertz CT molecular complexity index is 8110. The summed E-state index contributed by atoms with van der Waals surface area (Å²) in [5.74, 6) is 0. The van der Waals surface area contributed by atoms with E-state index in [1.165, 1.54) is 241 Å². The molecule has 0 aliphatic carbocycles. The minimum atomic E-state index is 1.20. The third kappa shape index (κ3) is 11.8. The van der Waals surface area contributed by atoms with Crippen LogP contribution in [-0.2, 0) is 0 Å². The SMILES string of the molecule is c1ccc(-c2ccc(-c3c4ccccc4c(-c4ccc(-c5ccccc5)cc4)c4cc(-c5c6ccccc6c(-c6cccc7ccccc67)c6ccccc56)ccc34)cc2)cc1.c1ccc2cc(-c3c4ccccc4c(-c4ccc5ccccc5c4)c4cc(-c5c6ccccc6c(-c6cccc7ccccc67)c6ccccc56)ccc34)ccc2c1. The van der Waals surface area contributed by atoms with Crippen molar-refractivity contribution >= 4 is 129 Å². The van der Waals surface area contributed by atoms with Crippen molar-refractivity contribution in [3.63, 3.8) is 0 Å². The first-order valence-corrected chi connectivity index (χ1v) is 41.7. The lowest BCUT2D eigenvalue weighted by Crippen LogP contribution is -1.94. The van der Waals surface area contributed by atoms with Gasteiger partial charge in [0.15, 0.2) is 0 Å². The van der Waals surface area contributed by atoms with Gasteiger partial charge in [-0.2, -0.15) is 0 Å². The molecule has 0 aliphatic heterocycles. The molecular weight excluding hydrogens is 1440 g/mol. The Kier molecular flexibility index (Phi) is 17.1. The van der Waals surface area contributed by atoms with Crippen LogP contribution in [0, 0.1) is 0 Å². The van der Waals surface area contributed by atoms with Crippen molar-refractivity contribution in [2.24, 2.45) is 0 Å². The summed E-state index contributed by atoms with van der Waals surface area (Å²) in [5.41, 5.74) is 24.8. The van der Waals surface area contributed by atoms with Crippen LogP contribution in [0.2, 0.25) is 0 Å². The fourth-order valence-electron chi connectivity index (χ4n) is 19.9. The largest absolute Gasteiger partial charge is 0.0622 e. The average Bonchev–Trinajstić information content (AvgIpc) is 0.715. The topological polar surface area (TPSA) is 0 Å². The van der Waals surface area contributed by atoms with Gasteiger partial charge in [-0.25, -0.2) is 0 Å². The highest BCUT2D eigenvalue weighted by atomic mass is 14.3. The molecular formula is C120H76. The average molecular weight is 1520 g/mol. The van der Waals surface area contributed by atoms with E-state index in [1.54, 1.807) is 0 Å². The molecule has 0 nitrogen and oxygen atoms in total. The monoisotopic (exact) mass is 1520 g/mol. The van der Waals surface area contributed by atoms with Crippen LogP contribution in [0.1, 0.15) is 0 Å². The zero-order valence-corrected chi connectivity index (χ0v) is 65.9. The Labute approximate surface area is 696 Å². The summed E-state index contributed by atoms with van der Waals surface area (Å²) in [5, 5.41) is 30.1. The molecule has 0 unspecified atom stereocenters. The molecule has 556 valence electrons. The number of hydrogen-bond acceptors (Lipinski definition) is 0. The maximum absolute atomic E-state index is 2.49. The predicted molar refractivity (Wildman–Crippen MR) is 517 cm³/mol. The highest BCUT2D eigenvalue weighted by Crippen LogP contribution is 2.53. The van der Waals surface area contributed by atoms with Crippen molar-refractivity contribution in [3.05, 3.63) is 461 Å². The predicted octanol–water partition coefficient (Wildman–Crippen LogP) is 33.9. The van der Waals surface area contributed by atoms with E-state index in [1.807, 2.05) is 0 Å². The van der Waals surface area contributed by atoms with Gasteiger partial charge in [0.2, 0.25) is 0 Å². The molecule has 0 spiro atoms. The van der Waals surface area contributed by atoms with E-state index >= 15 is 0 Å². The first kappa shape index (κ1) is 69.9. The molecule has 0 amide bonds. The van der Waals surface area contributed by atoms with Gasteiger partial charge in [0, 0.05) is 0 Å². The van der Waals surface area contributed by atoms with E-state index < -0.39 is 0 Å². The van der Waals surface area contributed by atoms with Crippen LogP contribution >= 0.6 is 0 Å². The van der Waals surface area contributed by atoms with E-state index in [4.69, 9.17) is 0 Å². The quantitative estimate of drug-likeness (QED) is 0.120. The Balaban J connectivity index is 0.000000140. The van der Waals surface area contributed by atoms with Gasteiger partial charge in [0.1, 0.15) is 0 Å². The van der Waals surface area contributed by atoms with Gasteiger partial charge >= 0.3 is 0 Å². The molecule has 24 aromatic carbocycles. The second kappa shape index (κ2) is 29.3. The van der Waals surface area contributed by atoms with E-state index in [0.717, 1.165) is 0 Å². The molecule has 0 aliphatic rings. The molecule has 120 heavy (non-hydrogen) atoms. The Morgan fingerprint density at radius 2 is 0.283 bits per heavy atom. The molecule has 0 fully saturated rings. The van der Waals surface area contributed by atoms with Crippen molar-refractivity contribution in [1.82, 2.24) is 0 Å². The molecule has 0 bridgehead atoms. The standard InChI is InChI=1S/C62H40.C58H36/c1-3-16-41(17-4-1)43-30-34-46(35-31-43)59-51-23-9-10-24-52(51)60(47-36-32-44(33-37-47)42-18-5-2-6-19-42)58-40-48(38-39-57(58)59)61-53-25-11-13-27-55(53)62(56-28-14-12-26-54(56)61)50-29-15-21-45-20-7-8-22-49(45)50;1-3-17-40-34-42(30-28-37(40)14-1)55-47-21-7-8-22-48(47)57(43-31-29-38-15-2-4-18-41(38)35-43)54-36-44(32-33-53(54)55)56-49-23-9-11-25-51(49)58(52-26-12-10-24-50(52)56)46-27-13-19-39-16-5-6-20-45(39)46/h1-40H;1-36H. The van der Waals surface area contributed by atoms with Crippen LogP contribution in [-0.4, -0.2) is 0 Å². The maximum Gasteiger partial charge on any atom is -0.00201 e. The third-order valence-electron chi connectivity index (χ3n) is 25.2. The summed E-state index contributed by atoms with van der Waals surface area (Å²) in [4.78, 5) is 0. The van der Waals surface area contributed by atoms with Crippen LogP contribution in [0.4, 0.5) is 0 Å². The van der Waals surface area contributed by atoms with Gasteiger partial charge in [-0.15, -0.1) is 0 Å². The fourth-order valence-corrected chi connectivity index (χ4v) is 19.9. The lowest BCUT2D eigenvalue weighted by molar-refractivity contribution is 1.60. The van der Waals surface area contributed by atoms with Crippen LogP contribution in [0.15, 0.2) is 461 Å². The molecule has 24 aromatic rings. The second-order valence-electron chi connectivity index (χ2n) is 31.9. The highest BCUT2D eigenvalue weighted by molar-refractivity contribution is 6.29. The van der Waals surface area contributed by atoms with E-state index in [0.29, 0.717) is 0 Å². The molecule has 0 N–H and O–H groups in total. The molecule has 0 saturated heterocycles. The molecule has 0 radical (unpaired) electrons. The normalized spacial score (nSPS) is 11.7. The second-order valence-corrected chi connectivity index (χ2v) is 31.9. The molecule has 0 heterocycles. The van der Waals surface area contributed by atoms with Gasteiger partial charge in [0.05, 0.1) is 0 Å². The molecule has 0 heteroatoms. The van der Waals surface area contributed by atoms with Gasteiger partial charge in [0.25, 0.3) is 0 Å². The Morgan fingerprint density at radius 3 is 0.617 bits per heavy atom. The summed E-state index contributed by atoms with van der Waals surface area (Å²) >= 11 is 0. The summed E-state index contributed by atoms with van der Waals surface area (Å²) in [6, 6.07) is 170. The highest BCUT2D eigenvalue weighted by Gasteiger charge is 2.26. The molecule has 24 rings (SSSR count). The van der Waals surface area contributed by atoms with Crippen LogP contribution < -0.4 is 0 Å². The number of rotatable bonds is 10. The van der Waals surface area contributed by atoms with Gasteiger partial charge < -0.3 is 0 Å². The Hall–Kier alpha value is -15.6. The third-order valence-corrected chi connectivity index (χ3v) is 25.2. The molecule has 0 aromatic heterocycles. The van der Waals surface area contributed by atoms with Crippen molar-refractivity contribution < 1.29 is 0 Å². The Morgan fingerprint density at radius 1 is 0.0833 bits per heavy atom. The molecule has 0 atom stereocenters. The minimum absolute atomic E-state index is 1.20. The summed E-state index contributed by atoms with van der Waals surface area (Å²) in [7, 11) is 0. The number of benzene rings is 24. The summed E-state index contributed by atoms with van der Waals surface area (Å²) in [6.45, 7) is 0. The number of hydrogen-bond donors (Lipinski definition) is 0. The van der Waals surface area contributed by atoms with Gasteiger partial charge in [-0.3, -0.25) is 0 Å². The van der Waals surface area contributed by atoms with Crippen LogP contribution in [0.25, 0.3) is 241 Å². The zero-order chi connectivity index (χ0) is 79.1. The van der Waals surface area contributed by atoms with E-state index in [2.05, 4.69) is 461 Å². The van der Waals surface area contributed by atoms with Crippen LogP contribution in [0.5, 0.6) is 0 Å². The van der Waals surface area contributed by atoms with E-state index in [9.17, 15) is 0 Å². The summed E-state index contributed by atoms with van der Waals surface area (Å²) < 4.78 is 0. The van der Waals surface area contributed by atoms with Crippen molar-refractivity contribution in [2.75, 3.05) is 0 Å². The minimum Gasteiger partial charge on any atom is -0.0622 e. The first-order valence-electron chi connectivity index (χ1n) is 41.7. The van der Waals surface area contributed by atoms with Crippen molar-refractivity contribution in [1.29, 1.82) is 0 Å². The zero-order valence-electron chi connectivity index (χ0n) is 65.9. The van der Waals surface area contributed by atoms with Crippen molar-refractivity contribution in [3.8, 4) is 111 Å². The van der Waals surface area contributed by atoms with Gasteiger partial charge in [-0.05, 0) is 265 Å². The van der Waals surface area contributed by atoms with E-state index in [-0.39, 0.29) is 0 Å². The first-order chi connectivity index (χ1) is 59.6. The number of fused-ring (bicyclic) bond motifs is 12.